The molecule has 0 unspecified atom stereocenters. The average molecular weight is 192 g/mol. The van der Waals surface area contributed by atoms with E-state index < -0.39 is 0 Å². The van der Waals surface area contributed by atoms with E-state index in [0.29, 0.717) is 17.3 Å². The minimum Gasteiger partial charge on any atom is -0.383 e. The molecule has 2 rings (SSSR count). The summed E-state index contributed by atoms with van der Waals surface area (Å²) in [4.78, 5) is 11.6. The summed E-state index contributed by atoms with van der Waals surface area (Å²) in [5, 5.41) is 3.68. The van der Waals surface area contributed by atoms with Crippen LogP contribution in [0, 0.1) is 6.92 Å². The number of hydrogen-bond donors (Lipinski definition) is 2. The molecule has 0 saturated carbocycles. The third kappa shape index (κ3) is 1.24. The van der Waals surface area contributed by atoms with Gasteiger partial charge in [-0.1, -0.05) is 5.16 Å². The highest BCUT2D eigenvalue weighted by Crippen LogP contribution is 2.25. The molecule has 0 aromatic carbocycles. The van der Waals surface area contributed by atoms with Crippen molar-refractivity contribution in [3.63, 3.8) is 0 Å². The van der Waals surface area contributed by atoms with Crippen molar-refractivity contribution in [1.82, 2.24) is 20.1 Å². The third-order valence-electron chi connectivity index (χ3n) is 1.66. The predicted molar refractivity (Wildman–Crippen MR) is 48.9 cm³/mol. The Kier molecular flexibility index (Phi) is 1.77. The van der Waals surface area contributed by atoms with Crippen LogP contribution >= 0.6 is 0 Å². The number of nitrogen functional groups attached to an aromatic ring is 2. The molecule has 7 nitrogen and oxygen atoms in total. The predicted octanol–water partition coefficient (Wildman–Crippen LogP) is -0.000580. The van der Waals surface area contributed by atoms with Crippen LogP contribution in [-0.4, -0.2) is 20.1 Å². The maximum Gasteiger partial charge on any atom is 0.223 e. The second-order valence-corrected chi connectivity index (χ2v) is 2.66. The average Bonchev–Trinajstić information content (AvgIpc) is 2.51. The van der Waals surface area contributed by atoms with Crippen molar-refractivity contribution in [2.75, 3.05) is 11.5 Å². The molecule has 2 aromatic heterocycles. The van der Waals surface area contributed by atoms with Crippen molar-refractivity contribution in [3.05, 3.63) is 12.2 Å². The molecule has 2 aromatic rings. The van der Waals surface area contributed by atoms with E-state index >= 15 is 0 Å². The zero-order chi connectivity index (χ0) is 10.1. The fourth-order valence-electron chi connectivity index (χ4n) is 1.04. The monoisotopic (exact) mass is 192 g/mol. The Bertz CT molecular complexity index is 445. The molecule has 72 valence electrons. The van der Waals surface area contributed by atoms with Crippen LogP contribution in [0.25, 0.3) is 11.4 Å². The second kappa shape index (κ2) is 2.95. The van der Waals surface area contributed by atoms with Crippen LogP contribution in [0.3, 0.4) is 0 Å². The molecule has 7 heteroatoms. The lowest BCUT2D eigenvalue weighted by molar-refractivity contribution is 0.394. The van der Waals surface area contributed by atoms with Crippen molar-refractivity contribution in [2.45, 2.75) is 6.92 Å². The Hall–Kier alpha value is -2.18. The fourth-order valence-corrected chi connectivity index (χ4v) is 1.04. The van der Waals surface area contributed by atoms with Gasteiger partial charge in [0.25, 0.3) is 0 Å². The first-order valence-electron chi connectivity index (χ1n) is 3.85. The van der Waals surface area contributed by atoms with Gasteiger partial charge in [0.05, 0.1) is 0 Å². The topological polar surface area (TPSA) is 117 Å². The smallest absolute Gasteiger partial charge is 0.223 e. The van der Waals surface area contributed by atoms with Crippen molar-refractivity contribution in [3.8, 4) is 11.4 Å². The first kappa shape index (κ1) is 8.42. The van der Waals surface area contributed by atoms with Crippen LogP contribution in [0.15, 0.2) is 10.9 Å². The molecule has 0 saturated heterocycles. The molecule has 2 heterocycles. The molecule has 0 aliphatic heterocycles. The van der Waals surface area contributed by atoms with Gasteiger partial charge in [0.15, 0.2) is 0 Å². The molecule has 14 heavy (non-hydrogen) atoms. The molecule has 0 bridgehead atoms. The number of rotatable bonds is 1. The summed E-state index contributed by atoms with van der Waals surface area (Å²) in [5.41, 5.74) is 11.6. The molecule has 0 fully saturated rings. The van der Waals surface area contributed by atoms with Crippen LogP contribution in [0.4, 0.5) is 11.6 Å². The summed E-state index contributed by atoms with van der Waals surface area (Å²) in [7, 11) is 0. The van der Waals surface area contributed by atoms with E-state index in [0.717, 1.165) is 0 Å². The lowest BCUT2D eigenvalue weighted by atomic mass is 10.2. The highest BCUT2D eigenvalue weighted by molar-refractivity contribution is 5.77. The number of hydrogen-bond acceptors (Lipinski definition) is 7. The Morgan fingerprint density at radius 2 is 1.86 bits per heavy atom. The van der Waals surface area contributed by atoms with Gasteiger partial charge in [-0.15, -0.1) is 0 Å². The summed E-state index contributed by atoms with van der Waals surface area (Å²) in [6.07, 6.45) is 1.28. The molecule has 0 spiro atoms. The zero-order valence-electron chi connectivity index (χ0n) is 7.43. The molecule has 0 atom stereocenters. The summed E-state index contributed by atoms with van der Waals surface area (Å²) in [6.45, 7) is 1.67. The quantitative estimate of drug-likeness (QED) is 0.652. The Labute approximate surface area is 79.2 Å². The van der Waals surface area contributed by atoms with Gasteiger partial charge < -0.3 is 16.0 Å². The van der Waals surface area contributed by atoms with Crippen LogP contribution < -0.4 is 11.5 Å². The minimum absolute atomic E-state index is 0.235. The largest absolute Gasteiger partial charge is 0.383 e. The minimum atomic E-state index is 0.235. The van der Waals surface area contributed by atoms with Gasteiger partial charge in [0, 0.05) is 6.92 Å². The summed E-state index contributed by atoms with van der Waals surface area (Å²) < 4.78 is 4.80. The molecular weight excluding hydrogens is 184 g/mol. The first-order valence-corrected chi connectivity index (χ1v) is 3.85. The summed E-state index contributed by atoms with van der Waals surface area (Å²) >= 11 is 0. The van der Waals surface area contributed by atoms with Crippen LogP contribution in [-0.2, 0) is 0 Å². The van der Waals surface area contributed by atoms with E-state index in [1.54, 1.807) is 6.92 Å². The number of aryl methyl sites for hydroxylation is 1. The Morgan fingerprint density at radius 3 is 2.36 bits per heavy atom. The van der Waals surface area contributed by atoms with Crippen molar-refractivity contribution in [1.29, 1.82) is 0 Å². The fraction of sp³-hybridized carbons (Fsp3) is 0.143. The molecule has 0 amide bonds. The number of nitrogens with zero attached hydrogens (tertiary/aromatic N) is 4. The highest BCUT2D eigenvalue weighted by Gasteiger charge is 2.14. The number of anilines is 2. The normalized spacial score (nSPS) is 10.4. The van der Waals surface area contributed by atoms with Crippen LogP contribution in [0.5, 0.6) is 0 Å². The molecule has 0 radical (unpaired) electrons. The van der Waals surface area contributed by atoms with E-state index in [1.165, 1.54) is 6.33 Å². The van der Waals surface area contributed by atoms with Gasteiger partial charge in [0.2, 0.25) is 11.7 Å². The van der Waals surface area contributed by atoms with Crippen LogP contribution in [0.1, 0.15) is 5.89 Å². The van der Waals surface area contributed by atoms with Crippen molar-refractivity contribution >= 4 is 11.6 Å². The highest BCUT2D eigenvalue weighted by atomic mass is 16.5. The van der Waals surface area contributed by atoms with Crippen molar-refractivity contribution in [2.24, 2.45) is 0 Å². The first-order chi connectivity index (χ1) is 6.68. The zero-order valence-corrected chi connectivity index (χ0v) is 7.43. The van der Waals surface area contributed by atoms with E-state index in [1.807, 2.05) is 0 Å². The van der Waals surface area contributed by atoms with Gasteiger partial charge in [-0.05, 0) is 0 Å². The Morgan fingerprint density at radius 1 is 1.21 bits per heavy atom. The summed E-state index contributed by atoms with van der Waals surface area (Å²) in [6, 6.07) is 0. The summed E-state index contributed by atoms with van der Waals surface area (Å²) in [5.74, 6) is 1.21. The number of nitrogens with two attached hydrogens (primary N) is 2. The van der Waals surface area contributed by atoms with E-state index in [4.69, 9.17) is 16.0 Å². The Balaban J connectivity index is 2.61. The molecule has 0 aliphatic rings. The lowest BCUT2D eigenvalue weighted by Crippen LogP contribution is -2.02. The lowest BCUT2D eigenvalue weighted by Gasteiger charge is -2.01. The molecular formula is C7H8N6O. The number of aromatic nitrogens is 4. The van der Waals surface area contributed by atoms with Gasteiger partial charge in [-0.3, -0.25) is 0 Å². The van der Waals surface area contributed by atoms with E-state index in [-0.39, 0.29) is 11.6 Å². The van der Waals surface area contributed by atoms with Gasteiger partial charge in [0.1, 0.15) is 23.5 Å². The van der Waals surface area contributed by atoms with Gasteiger partial charge >= 0.3 is 0 Å². The second-order valence-electron chi connectivity index (χ2n) is 2.66. The molecule has 4 N–H and O–H groups in total. The van der Waals surface area contributed by atoms with E-state index in [9.17, 15) is 0 Å². The third-order valence-corrected chi connectivity index (χ3v) is 1.66. The maximum atomic E-state index is 5.61. The maximum absolute atomic E-state index is 5.61. The SMILES string of the molecule is Cc1nc(-c2c(N)ncnc2N)no1. The molecule has 0 aliphatic carbocycles. The van der Waals surface area contributed by atoms with Gasteiger partial charge in [-0.2, -0.15) is 4.98 Å². The van der Waals surface area contributed by atoms with E-state index in [2.05, 4.69) is 20.1 Å². The van der Waals surface area contributed by atoms with Gasteiger partial charge in [-0.25, -0.2) is 9.97 Å². The standard InChI is InChI=1S/C7H8N6O/c1-3-12-7(13-14-3)4-5(8)10-2-11-6(4)9/h2H,1H3,(H4,8,9,10,11). The van der Waals surface area contributed by atoms with Crippen LogP contribution in [0.2, 0.25) is 0 Å². The van der Waals surface area contributed by atoms with Crippen molar-refractivity contribution < 1.29 is 4.52 Å².